The highest BCUT2D eigenvalue weighted by Crippen LogP contribution is 2.41. The fourth-order valence-corrected chi connectivity index (χ4v) is 5.96. The first-order chi connectivity index (χ1) is 12.3. The molecule has 0 unspecified atom stereocenters. The van der Waals surface area contributed by atoms with Gasteiger partial charge in [0.1, 0.15) is 0 Å². The van der Waals surface area contributed by atoms with E-state index in [1.54, 1.807) is 0 Å². The number of aryl methyl sites for hydroxylation is 1. The van der Waals surface area contributed by atoms with Crippen LogP contribution in [-0.2, 0) is 20.0 Å². The molecule has 2 aliphatic rings. The molecule has 2 fully saturated rings. The molecule has 1 aromatic rings. The van der Waals surface area contributed by atoms with Gasteiger partial charge in [0.15, 0.2) is 14.6 Å². The molecule has 144 valence electrons. The normalized spacial score (nSPS) is 22.1. The quantitative estimate of drug-likeness (QED) is 0.823. The van der Waals surface area contributed by atoms with Gasteiger partial charge in [-0.05, 0) is 51.3 Å². The van der Waals surface area contributed by atoms with Gasteiger partial charge in [0.2, 0.25) is 5.91 Å². The monoisotopic (exact) mass is 378 g/mol. The second-order valence-corrected chi connectivity index (χ2v) is 10.4. The van der Waals surface area contributed by atoms with Crippen molar-refractivity contribution in [1.82, 2.24) is 10.6 Å². The minimum atomic E-state index is -3.48. The minimum absolute atomic E-state index is 0.0761. The maximum absolute atomic E-state index is 13.0. The van der Waals surface area contributed by atoms with Gasteiger partial charge in [0.25, 0.3) is 0 Å². The van der Waals surface area contributed by atoms with Crippen molar-refractivity contribution in [2.45, 2.75) is 55.6 Å². The first-order valence-corrected chi connectivity index (χ1v) is 11.4. The summed E-state index contributed by atoms with van der Waals surface area (Å²) in [6.45, 7) is 3.71. The molecule has 1 heterocycles. The standard InChI is InChI=1S/C20H30N2O3S/c1-16-6-5-7-17(14-16)19(8-3-4-9-19)15-22-18(23)20(26(2,24)25)10-12-21-13-11-20/h5-7,14,21H,3-4,8-13,15H2,1-2H3,(H,22,23). The summed E-state index contributed by atoms with van der Waals surface area (Å²) in [5.74, 6) is -0.319. The van der Waals surface area contributed by atoms with Crippen LogP contribution in [0.1, 0.15) is 49.7 Å². The van der Waals surface area contributed by atoms with Crippen LogP contribution in [0.2, 0.25) is 0 Å². The van der Waals surface area contributed by atoms with Gasteiger partial charge in [-0.3, -0.25) is 4.79 Å². The zero-order valence-corrected chi connectivity index (χ0v) is 16.6. The predicted molar refractivity (Wildman–Crippen MR) is 104 cm³/mol. The molecule has 1 saturated heterocycles. The lowest BCUT2D eigenvalue weighted by molar-refractivity contribution is -0.124. The Labute approximate surface area is 156 Å². The number of hydrogen-bond donors (Lipinski definition) is 2. The van der Waals surface area contributed by atoms with Crippen LogP contribution in [0.3, 0.4) is 0 Å². The number of rotatable bonds is 5. The van der Waals surface area contributed by atoms with Gasteiger partial charge in [-0.2, -0.15) is 0 Å². The molecule has 1 aliphatic carbocycles. The molecule has 1 aliphatic heterocycles. The fraction of sp³-hybridized carbons (Fsp3) is 0.650. The summed E-state index contributed by atoms with van der Waals surface area (Å²) in [6.07, 6.45) is 6.23. The van der Waals surface area contributed by atoms with Crippen molar-refractivity contribution in [2.24, 2.45) is 0 Å². The minimum Gasteiger partial charge on any atom is -0.354 e. The lowest BCUT2D eigenvalue weighted by atomic mass is 9.78. The van der Waals surface area contributed by atoms with Crippen LogP contribution in [0.15, 0.2) is 24.3 Å². The predicted octanol–water partition coefficient (Wildman–Crippen LogP) is 2.09. The molecule has 0 aromatic heterocycles. The number of carbonyl (C=O) groups excluding carboxylic acids is 1. The van der Waals surface area contributed by atoms with Gasteiger partial charge in [-0.1, -0.05) is 42.7 Å². The van der Waals surface area contributed by atoms with E-state index >= 15 is 0 Å². The molecule has 26 heavy (non-hydrogen) atoms. The van der Waals surface area contributed by atoms with Crippen LogP contribution in [0.25, 0.3) is 0 Å². The summed E-state index contributed by atoms with van der Waals surface area (Å²) in [5, 5.41) is 6.21. The van der Waals surface area contributed by atoms with E-state index in [4.69, 9.17) is 0 Å². The van der Waals surface area contributed by atoms with E-state index in [1.165, 1.54) is 17.4 Å². The lowest BCUT2D eigenvalue weighted by Gasteiger charge is -2.36. The van der Waals surface area contributed by atoms with Crippen molar-refractivity contribution in [1.29, 1.82) is 0 Å². The average Bonchev–Trinajstić information content (AvgIpc) is 3.09. The van der Waals surface area contributed by atoms with E-state index in [1.807, 2.05) is 0 Å². The number of sulfone groups is 1. The van der Waals surface area contributed by atoms with E-state index in [0.29, 0.717) is 32.5 Å². The Morgan fingerprint density at radius 3 is 2.38 bits per heavy atom. The maximum atomic E-state index is 13.0. The summed E-state index contributed by atoms with van der Waals surface area (Å²) in [6, 6.07) is 8.49. The topological polar surface area (TPSA) is 75.3 Å². The van der Waals surface area contributed by atoms with Gasteiger partial charge in [-0.25, -0.2) is 8.42 Å². The Hall–Kier alpha value is -1.40. The van der Waals surface area contributed by atoms with Crippen LogP contribution in [0, 0.1) is 6.92 Å². The third-order valence-corrected chi connectivity index (χ3v) is 8.33. The maximum Gasteiger partial charge on any atom is 0.241 e. The third-order valence-electron chi connectivity index (χ3n) is 6.31. The number of nitrogens with one attached hydrogen (secondary N) is 2. The Morgan fingerprint density at radius 1 is 1.15 bits per heavy atom. The smallest absolute Gasteiger partial charge is 0.241 e. The SMILES string of the molecule is Cc1cccc(C2(CNC(=O)C3(S(C)(=O)=O)CCNCC3)CCCC2)c1. The van der Waals surface area contributed by atoms with Gasteiger partial charge in [0.05, 0.1) is 0 Å². The highest BCUT2D eigenvalue weighted by molar-refractivity contribution is 7.92. The van der Waals surface area contributed by atoms with E-state index in [2.05, 4.69) is 41.8 Å². The Kier molecular flexibility index (Phi) is 5.45. The number of hydrogen-bond acceptors (Lipinski definition) is 4. The van der Waals surface area contributed by atoms with E-state index in [0.717, 1.165) is 25.7 Å². The number of benzene rings is 1. The van der Waals surface area contributed by atoms with Crippen LogP contribution in [0.4, 0.5) is 0 Å². The molecule has 3 rings (SSSR count). The third kappa shape index (κ3) is 3.54. The van der Waals surface area contributed by atoms with Crippen LogP contribution < -0.4 is 10.6 Å². The number of piperidine rings is 1. The molecule has 0 bridgehead atoms. The van der Waals surface area contributed by atoms with Crippen LogP contribution in [-0.4, -0.2) is 45.0 Å². The van der Waals surface area contributed by atoms with Gasteiger partial charge >= 0.3 is 0 Å². The molecular weight excluding hydrogens is 348 g/mol. The van der Waals surface area contributed by atoms with Crippen molar-refractivity contribution in [3.05, 3.63) is 35.4 Å². The molecule has 1 aromatic carbocycles. The molecule has 2 N–H and O–H groups in total. The van der Waals surface area contributed by atoms with Crippen molar-refractivity contribution >= 4 is 15.7 Å². The summed E-state index contributed by atoms with van der Waals surface area (Å²) in [7, 11) is -3.48. The Balaban J connectivity index is 1.82. The molecule has 1 saturated carbocycles. The number of carbonyl (C=O) groups is 1. The van der Waals surface area contributed by atoms with Gasteiger partial charge < -0.3 is 10.6 Å². The second-order valence-electron chi connectivity index (χ2n) is 8.06. The molecular formula is C20H30N2O3S. The second kappa shape index (κ2) is 7.31. The molecule has 6 heteroatoms. The molecule has 0 radical (unpaired) electrons. The van der Waals surface area contributed by atoms with Gasteiger partial charge in [-0.15, -0.1) is 0 Å². The van der Waals surface area contributed by atoms with Gasteiger partial charge in [0, 0.05) is 18.2 Å². The fourth-order valence-electron chi connectivity index (χ4n) is 4.60. The Morgan fingerprint density at radius 2 is 1.81 bits per heavy atom. The highest BCUT2D eigenvalue weighted by atomic mass is 32.2. The summed E-state index contributed by atoms with van der Waals surface area (Å²) in [4.78, 5) is 13.0. The highest BCUT2D eigenvalue weighted by Gasteiger charge is 2.49. The largest absolute Gasteiger partial charge is 0.354 e. The molecule has 0 spiro atoms. The van der Waals surface area contributed by atoms with Crippen molar-refractivity contribution in [3.63, 3.8) is 0 Å². The Bertz CT molecular complexity index is 761. The summed E-state index contributed by atoms with van der Waals surface area (Å²) in [5.41, 5.74) is 2.40. The lowest BCUT2D eigenvalue weighted by Crippen LogP contribution is -2.58. The van der Waals surface area contributed by atoms with E-state index in [-0.39, 0.29) is 11.3 Å². The first-order valence-electron chi connectivity index (χ1n) is 9.55. The van der Waals surface area contributed by atoms with Crippen molar-refractivity contribution < 1.29 is 13.2 Å². The summed E-state index contributed by atoms with van der Waals surface area (Å²) >= 11 is 0. The average molecular weight is 379 g/mol. The van der Waals surface area contributed by atoms with Crippen LogP contribution >= 0.6 is 0 Å². The van der Waals surface area contributed by atoms with Crippen molar-refractivity contribution in [2.75, 3.05) is 25.9 Å². The molecule has 1 amide bonds. The zero-order chi connectivity index (χ0) is 18.8. The van der Waals surface area contributed by atoms with E-state index in [9.17, 15) is 13.2 Å². The van der Waals surface area contributed by atoms with E-state index < -0.39 is 14.6 Å². The van der Waals surface area contributed by atoms with Crippen molar-refractivity contribution in [3.8, 4) is 0 Å². The number of amides is 1. The zero-order valence-electron chi connectivity index (χ0n) is 15.8. The summed E-state index contributed by atoms with van der Waals surface area (Å²) < 4.78 is 23.6. The first kappa shape index (κ1) is 19.4. The molecule has 5 nitrogen and oxygen atoms in total. The van der Waals surface area contributed by atoms with Crippen LogP contribution in [0.5, 0.6) is 0 Å². The molecule has 0 atom stereocenters.